The van der Waals surface area contributed by atoms with Gasteiger partial charge in [-0.25, -0.2) is 4.79 Å². The average molecular weight is 446 g/mol. The number of amides is 3. The van der Waals surface area contributed by atoms with E-state index in [9.17, 15) is 9.59 Å². The molecule has 0 fully saturated rings. The molecule has 1 N–H and O–H groups in total. The van der Waals surface area contributed by atoms with Crippen molar-refractivity contribution in [2.24, 2.45) is 0 Å². The number of hydrogen-bond acceptors (Lipinski definition) is 3. The second-order valence-electron chi connectivity index (χ2n) is 8.19. The second kappa shape index (κ2) is 11.7. The predicted octanol–water partition coefficient (Wildman–Crippen LogP) is 5.65. The molecule has 6 heteroatoms. The van der Waals surface area contributed by atoms with Crippen LogP contribution in [0.3, 0.4) is 0 Å². The number of nitrogens with zero attached hydrogens (tertiary/aromatic N) is 2. The summed E-state index contributed by atoms with van der Waals surface area (Å²) in [4.78, 5) is 29.3. The van der Waals surface area contributed by atoms with Gasteiger partial charge in [-0.1, -0.05) is 62.4 Å². The van der Waals surface area contributed by atoms with E-state index < -0.39 is 0 Å². The molecule has 1 aromatic heterocycles. The summed E-state index contributed by atoms with van der Waals surface area (Å²) in [6.45, 7) is 8.90. The Labute approximate surface area is 195 Å². The molecule has 0 aliphatic carbocycles. The van der Waals surface area contributed by atoms with Crippen LogP contribution in [0.1, 0.15) is 36.7 Å². The number of nitrogens with one attached hydrogen (secondary N) is 1. The Morgan fingerprint density at radius 3 is 2.30 bits per heavy atom. The molecular formula is C27H31N3O3. The van der Waals surface area contributed by atoms with Crippen LogP contribution < -0.4 is 5.32 Å². The highest BCUT2D eigenvalue weighted by molar-refractivity contribution is 5.92. The van der Waals surface area contributed by atoms with Crippen molar-refractivity contribution in [3.63, 3.8) is 0 Å². The van der Waals surface area contributed by atoms with E-state index in [4.69, 9.17) is 4.42 Å². The van der Waals surface area contributed by atoms with Crippen LogP contribution in [0.4, 0.5) is 10.5 Å². The van der Waals surface area contributed by atoms with Gasteiger partial charge >= 0.3 is 6.03 Å². The number of hydrogen-bond donors (Lipinski definition) is 1. The van der Waals surface area contributed by atoms with Crippen LogP contribution in [0.5, 0.6) is 0 Å². The van der Waals surface area contributed by atoms with Crippen molar-refractivity contribution in [1.82, 2.24) is 9.80 Å². The molecule has 172 valence electrons. The third-order valence-electron chi connectivity index (χ3n) is 5.29. The monoisotopic (exact) mass is 445 g/mol. The van der Waals surface area contributed by atoms with E-state index in [-0.39, 0.29) is 25.0 Å². The Balaban J connectivity index is 1.70. The predicted molar refractivity (Wildman–Crippen MR) is 131 cm³/mol. The zero-order valence-corrected chi connectivity index (χ0v) is 19.2. The normalized spacial score (nSPS) is 10.6. The third-order valence-corrected chi connectivity index (χ3v) is 5.29. The second-order valence-corrected chi connectivity index (χ2v) is 8.19. The summed E-state index contributed by atoms with van der Waals surface area (Å²) in [6.07, 6.45) is 3.20. The first kappa shape index (κ1) is 23.9. The molecule has 0 unspecified atom stereocenters. The van der Waals surface area contributed by atoms with Crippen molar-refractivity contribution in [2.45, 2.75) is 32.9 Å². The van der Waals surface area contributed by atoms with Crippen molar-refractivity contribution in [3.8, 4) is 0 Å². The van der Waals surface area contributed by atoms with E-state index in [1.807, 2.05) is 60.7 Å². The van der Waals surface area contributed by atoms with Crippen LogP contribution >= 0.6 is 0 Å². The molecular weight excluding hydrogens is 414 g/mol. The molecule has 3 amide bonds. The summed E-state index contributed by atoms with van der Waals surface area (Å²) in [7, 11) is 0. The Morgan fingerprint density at radius 1 is 0.970 bits per heavy atom. The number of anilines is 1. The lowest BCUT2D eigenvalue weighted by Crippen LogP contribution is -2.44. The van der Waals surface area contributed by atoms with E-state index in [1.54, 1.807) is 23.3 Å². The fraction of sp³-hybridized carbons (Fsp3) is 0.259. The smallest absolute Gasteiger partial charge is 0.322 e. The quantitative estimate of drug-likeness (QED) is 0.410. The summed E-state index contributed by atoms with van der Waals surface area (Å²) in [6, 6.07) is 20.8. The van der Waals surface area contributed by atoms with Crippen LogP contribution in [-0.4, -0.2) is 34.8 Å². The SMILES string of the molecule is C=CCN(CC(=O)N(Cc1ccccc1)Cc1ccco1)C(=O)Nc1ccc(C(C)C)cc1. The van der Waals surface area contributed by atoms with Gasteiger partial charge in [0.05, 0.1) is 12.8 Å². The molecule has 2 aromatic carbocycles. The summed E-state index contributed by atoms with van der Waals surface area (Å²) in [5, 5.41) is 2.88. The first-order valence-corrected chi connectivity index (χ1v) is 11.1. The zero-order valence-electron chi connectivity index (χ0n) is 19.2. The molecule has 3 rings (SSSR count). The van der Waals surface area contributed by atoms with Gasteiger partial charge in [0.1, 0.15) is 12.3 Å². The Hall–Kier alpha value is -3.80. The van der Waals surface area contributed by atoms with E-state index in [2.05, 4.69) is 25.7 Å². The molecule has 0 radical (unpaired) electrons. The lowest BCUT2D eigenvalue weighted by atomic mass is 10.0. The molecule has 33 heavy (non-hydrogen) atoms. The van der Waals surface area contributed by atoms with Gasteiger partial charge in [-0.3, -0.25) is 4.79 Å². The van der Waals surface area contributed by atoms with Crippen LogP contribution in [0.25, 0.3) is 0 Å². The summed E-state index contributed by atoms with van der Waals surface area (Å²) >= 11 is 0. The fourth-order valence-corrected chi connectivity index (χ4v) is 3.42. The number of furan rings is 1. The Morgan fingerprint density at radius 2 is 1.70 bits per heavy atom. The maximum absolute atomic E-state index is 13.3. The van der Waals surface area contributed by atoms with E-state index in [0.717, 1.165) is 5.56 Å². The molecule has 0 atom stereocenters. The number of urea groups is 1. The highest BCUT2D eigenvalue weighted by Crippen LogP contribution is 2.18. The van der Waals surface area contributed by atoms with Gasteiger partial charge < -0.3 is 19.5 Å². The minimum Gasteiger partial charge on any atom is -0.467 e. The van der Waals surface area contributed by atoms with E-state index in [1.165, 1.54) is 10.5 Å². The van der Waals surface area contributed by atoms with Gasteiger partial charge in [0.2, 0.25) is 5.91 Å². The number of benzene rings is 2. The average Bonchev–Trinajstić information content (AvgIpc) is 3.32. The molecule has 0 aliphatic heterocycles. The standard InChI is InChI=1S/C27H31N3O3/c1-4-16-29(27(32)28-24-14-12-23(13-15-24)21(2)3)20-26(31)30(19-25-11-8-17-33-25)18-22-9-6-5-7-10-22/h4-15,17,21H,1,16,18-20H2,2-3H3,(H,28,32). The van der Waals surface area contributed by atoms with Gasteiger partial charge in [0.25, 0.3) is 0 Å². The summed E-state index contributed by atoms with van der Waals surface area (Å²) in [5.41, 5.74) is 2.88. The maximum Gasteiger partial charge on any atom is 0.322 e. The largest absolute Gasteiger partial charge is 0.467 e. The van der Waals surface area contributed by atoms with Crippen LogP contribution in [-0.2, 0) is 17.9 Å². The first-order chi connectivity index (χ1) is 16.0. The molecule has 6 nitrogen and oxygen atoms in total. The lowest BCUT2D eigenvalue weighted by molar-refractivity contribution is -0.133. The molecule has 0 bridgehead atoms. The maximum atomic E-state index is 13.3. The van der Waals surface area contributed by atoms with Crippen molar-refractivity contribution in [1.29, 1.82) is 0 Å². The van der Waals surface area contributed by atoms with Crippen LogP contribution in [0, 0.1) is 0 Å². The van der Waals surface area contributed by atoms with Crippen LogP contribution in [0.15, 0.2) is 90.1 Å². The van der Waals surface area contributed by atoms with Crippen molar-refractivity contribution in [2.75, 3.05) is 18.4 Å². The zero-order chi connectivity index (χ0) is 23.6. The van der Waals surface area contributed by atoms with Gasteiger partial charge in [-0.2, -0.15) is 0 Å². The third kappa shape index (κ3) is 7.10. The molecule has 3 aromatic rings. The molecule has 0 aliphatic rings. The van der Waals surface area contributed by atoms with Crippen molar-refractivity contribution < 1.29 is 14.0 Å². The molecule has 0 saturated heterocycles. The topological polar surface area (TPSA) is 65.8 Å². The summed E-state index contributed by atoms with van der Waals surface area (Å²) < 4.78 is 5.45. The van der Waals surface area contributed by atoms with Crippen molar-refractivity contribution >= 4 is 17.6 Å². The molecule has 1 heterocycles. The van der Waals surface area contributed by atoms with E-state index >= 15 is 0 Å². The highest BCUT2D eigenvalue weighted by Gasteiger charge is 2.22. The molecule has 0 saturated carbocycles. The fourth-order valence-electron chi connectivity index (χ4n) is 3.42. The Kier molecular flexibility index (Phi) is 8.47. The van der Waals surface area contributed by atoms with Gasteiger partial charge in [-0.05, 0) is 41.3 Å². The van der Waals surface area contributed by atoms with Gasteiger partial charge in [0, 0.05) is 18.8 Å². The van der Waals surface area contributed by atoms with E-state index in [0.29, 0.717) is 30.5 Å². The first-order valence-electron chi connectivity index (χ1n) is 11.1. The van der Waals surface area contributed by atoms with Gasteiger partial charge in [-0.15, -0.1) is 6.58 Å². The summed E-state index contributed by atoms with van der Waals surface area (Å²) in [5.74, 6) is 0.918. The minimum atomic E-state index is -0.349. The highest BCUT2D eigenvalue weighted by atomic mass is 16.3. The van der Waals surface area contributed by atoms with Gasteiger partial charge in [0.15, 0.2) is 0 Å². The van der Waals surface area contributed by atoms with Crippen LogP contribution in [0.2, 0.25) is 0 Å². The number of carbonyl (C=O) groups excluding carboxylic acids is 2. The number of carbonyl (C=O) groups is 2. The Bertz CT molecular complexity index is 1030. The molecule has 0 spiro atoms. The van der Waals surface area contributed by atoms with Crippen molar-refractivity contribution in [3.05, 3.63) is 103 Å². The minimum absolute atomic E-state index is 0.0739. The lowest BCUT2D eigenvalue weighted by Gasteiger charge is -2.27. The number of rotatable bonds is 10.